The van der Waals surface area contributed by atoms with Gasteiger partial charge in [0.25, 0.3) is 0 Å². The Bertz CT molecular complexity index is 272. The Morgan fingerprint density at radius 3 is 1.36 bits per heavy atom. The van der Waals surface area contributed by atoms with E-state index in [-0.39, 0.29) is 18.1 Å². The molecule has 0 unspecified atom stereocenters. The topological polar surface area (TPSA) is 34.1 Å². The Kier molecular flexibility index (Phi) is 4.20. The van der Waals surface area contributed by atoms with E-state index >= 15 is 0 Å². The standard InChI is InChI=1S/C7H15F3O2SSi/c1-4-14(5-2,6-3)13(11,12)7(8,9)10/h4-6H2,1-3H3. The van der Waals surface area contributed by atoms with E-state index in [1.54, 1.807) is 0 Å². The van der Waals surface area contributed by atoms with E-state index in [0.717, 1.165) is 0 Å². The predicted octanol–water partition coefficient (Wildman–Crippen LogP) is 2.93. The Morgan fingerprint density at radius 2 is 1.29 bits per heavy atom. The summed E-state index contributed by atoms with van der Waals surface area (Å²) < 4.78 is 59.6. The van der Waals surface area contributed by atoms with Crippen LogP contribution in [0.1, 0.15) is 20.8 Å². The molecule has 0 aliphatic carbocycles. The summed E-state index contributed by atoms with van der Waals surface area (Å²) >= 11 is 0. The molecule has 0 fully saturated rings. The second kappa shape index (κ2) is 4.22. The van der Waals surface area contributed by atoms with Crippen LogP contribution >= 0.6 is 0 Å². The van der Waals surface area contributed by atoms with Gasteiger partial charge in [0, 0.05) is 0 Å². The molecule has 0 spiro atoms. The summed E-state index contributed by atoms with van der Waals surface area (Å²) in [5.41, 5.74) is -5.08. The summed E-state index contributed by atoms with van der Waals surface area (Å²) in [5.74, 6) is 0. The lowest BCUT2D eigenvalue weighted by atomic mass is 10.9. The van der Waals surface area contributed by atoms with E-state index in [0.29, 0.717) is 0 Å². The zero-order chi connectivity index (χ0) is 11.6. The fourth-order valence-electron chi connectivity index (χ4n) is 1.57. The van der Waals surface area contributed by atoms with Crippen LogP contribution in [0.3, 0.4) is 0 Å². The third-order valence-electron chi connectivity index (χ3n) is 2.81. The lowest BCUT2D eigenvalue weighted by Gasteiger charge is -2.27. The number of rotatable bonds is 4. The van der Waals surface area contributed by atoms with Gasteiger partial charge in [0.05, 0.1) is 0 Å². The summed E-state index contributed by atoms with van der Waals surface area (Å²) in [4.78, 5) is 0. The maximum Gasteiger partial charge on any atom is 0.490 e. The molecule has 86 valence electrons. The van der Waals surface area contributed by atoms with E-state index in [2.05, 4.69) is 0 Å². The van der Waals surface area contributed by atoms with E-state index in [1.165, 1.54) is 20.8 Å². The van der Waals surface area contributed by atoms with Gasteiger partial charge in [-0.1, -0.05) is 20.8 Å². The molecule has 2 nitrogen and oxygen atoms in total. The van der Waals surface area contributed by atoms with Crippen molar-refractivity contribution in [2.75, 3.05) is 0 Å². The van der Waals surface area contributed by atoms with Crippen LogP contribution in [-0.2, 0) is 9.29 Å². The second-order valence-corrected chi connectivity index (χ2v) is 13.4. The highest BCUT2D eigenvalue weighted by molar-refractivity contribution is 8.22. The van der Waals surface area contributed by atoms with Gasteiger partial charge in [-0.15, -0.1) is 0 Å². The molecule has 0 amide bonds. The van der Waals surface area contributed by atoms with Gasteiger partial charge in [-0.25, -0.2) is 8.42 Å². The number of hydrogen-bond acceptors (Lipinski definition) is 2. The molecule has 0 N–H and O–H groups in total. The highest BCUT2D eigenvalue weighted by Crippen LogP contribution is 2.37. The van der Waals surface area contributed by atoms with E-state index in [1.807, 2.05) is 0 Å². The summed E-state index contributed by atoms with van der Waals surface area (Å²) in [7, 11) is -8.14. The molecule has 0 saturated heterocycles. The van der Waals surface area contributed by atoms with Gasteiger partial charge in [-0.2, -0.15) is 13.2 Å². The SMILES string of the molecule is CC[Si](CC)(CC)S(=O)(=O)C(F)(F)F. The molecule has 0 bridgehead atoms. The number of alkyl halides is 3. The second-order valence-electron chi connectivity index (χ2n) is 3.19. The van der Waals surface area contributed by atoms with Crippen LogP contribution in [0.4, 0.5) is 13.2 Å². The van der Waals surface area contributed by atoms with Gasteiger partial charge in [0.15, 0.2) is 0 Å². The summed E-state index contributed by atoms with van der Waals surface area (Å²) in [5, 5.41) is 0. The molecule has 0 heterocycles. The van der Waals surface area contributed by atoms with Gasteiger partial charge >= 0.3 is 5.51 Å². The average molecular weight is 248 g/mol. The molecule has 7 heteroatoms. The highest BCUT2D eigenvalue weighted by atomic mass is 32.4. The van der Waals surface area contributed by atoms with Crippen LogP contribution in [-0.4, -0.2) is 21.1 Å². The van der Waals surface area contributed by atoms with Crippen molar-refractivity contribution in [3.05, 3.63) is 0 Å². The van der Waals surface area contributed by atoms with E-state index < -0.39 is 22.0 Å². The van der Waals surface area contributed by atoms with E-state index in [9.17, 15) is 21.6 Å². The van der Waals surface area contributed by atoms with Crippen LogP contribution in [0, 0.1) is 0 Å². The minimum absolute atomic E-state index is 0.127. The molecule has 0 atom stereocenters. The Balaban J connectivity index is 5.45. The average Bonchev–Trinajstić information content (AvgIpc) is 2.06. The molecule has 0 aromatic carbocycles. The molecule has 0 radical (unpaired) electrons. The molecule has 0 aromatic heterocycles. The molecule has 0 rings (SSSR count). The minimum atomic E-state index is -5.08. The monoisotopic (exact) mass is 248 g/mol. The summed E-state index contributed by atoms with van der Waals surface area (Å²) in [6.07, 6.45) is 0. The molecular formula is C7H15F3O2SSi. The Labute approximate surface area is 83.1 Å². The van der Waals surface area contributed by atoms with Crippen LogP contribution in [0.25, 0.3) is 0 Å². The van der Waals surface area contributed by atoms with Crippen LogP contribution < -0.4 is 0 Å². The molecule has 14 heavy (non-hydrogen) atoms. The maximum atomic E-state index is 12.3. The summed E-state index contributed by atoms with van der Waals surface area (Å²) in [6, 6.07) is 0.380. The first kappa shape index (κ1) is 14.0. The first-order valence-corrected chi connectivity index (χ1v) is 9.32. The van der Waals surface area contributed by atoms with Crippen LogP contribution in [0.5, 0.6) is 0 Å². The van der Waals surface area contributed by atoms with Gasteiger partial charge in [0.2, 0.25) is 16.5 Å². The first-order valence-electron chi connectivity index (χ1n) is 4.49. The van der Waals surface area contributed by atoms with Crippen molar-refractivity contribution in [2.24, 2.45) is 0 Å². The smallest absolute Gasteiger partial charge is 0.227 e. The van der Waals surface area contributed by atoms with Crippen molar-refractivity contribution in [3.8, 4) is 0 Å². The van der Waals surface area contributed by atoms with Gasteiger partial charge in [-0.3, -0.25) is 0 Å². The molecule has 0 aliphatic rings. The normalized spacial score (nSPS) is 14.4. The van der Waals surface area contributed by atoms with Gasteiger partial charge in [-0.05, 0) is 18.1 Å². The van der Waals surface area contributed by atoms with Crippen molar-refractivity contribution >= 4 is 16.5 Å². The van der Waals surface area contributed by atoms with Crippen molar-refractivity contribution in [1.29, 1.82) is 0 Å². The maximum absolute atomic E-state index is 12.3. The first-order chi connectivity index (χ1) is 6.18. The Hall–Kier alpha value is -0.0431. The summed E-state index contributed by atoms with van der Waals surface area (Å²) in [6.45, 7) is 4.59. The highest BCUT2D eigenvalue weighted by Gasteiger charge is 2.58. The minimum Gasteiger partial charge on any atom is -0.227 e. The lowest BCUT2D eigenvalue weighted by molar-refractivity contribution is -0.0417. The predicted molar refractivity (Wildman–Crippen MR) is 52.2 cm³/mol. The zero-order valence-corrected chi connectivity index (χ0v) is 10.3. The molecule has 0 saturated carbocycles. The quantitative estimate of drug-likeness (QED) is 0.717. The number of halogens is 3. The van der Waals surface area contributed by atoms with Crippen molar-refractivity contribution < 1.29 is 21.6 Å². The number of hydrogen-bond donors (Lipinski definition) is 0. The van der Waals surface area contributed by atoms with Crippen molar-refractivity contribution in [1.82, 2.24) is 0 Å². The van der Waals surface area contributed by atoms with Crippen molar-refractivity contribution in [3.63, 3.8) is 0 Å². The van der Waals surface area contributed by atoms with Gasteiger partial charge < -0.3 is 0 Å². The third kappa shape index (κ3) is 1.98. The fraction of sp³-hybridized carbons (Fsp3) is 1.00. The van der Waals surface area contributed by atoms with Gasteiger partial charge in [0.1, 0.15) is 0 Å². The van der Waals surface area contributed by atoms with Crippen molar-refractivity contribution in [2.45, 2.75) is 44.4 Å². The molecular weight excluding hydrogens is 233 g/mol. The van der Waals surface area contributed by atoms with Crippen LogP contribution in [0.2, 0.25) is 18.1 Å². The molecule has 0 aliphatic heterocycles. The Morgan fingerprint density at radius 1 is 1.00 bits per heavy atom. The van der Waals surface area contributed by atoms with E-state index in [4.69, 9.17) is 0 Å². The zero-order valence-electron chi connectivity index (χ0n) is 8.48. The largest absolute Gasteiger partial charge is 0.490 e. The lowest BCUT2D eigenvalue weighted by Crippen LogP contribution is -2.49. The van der Waals surface area contributed by atoms with Crippen LogP contribution in [0.15, 0.2) is 0 Å². The molecule has 0 aromatic rings. The third-order valence-corrected chi connectivity index (χ3v) is 15.1. The fourth-order valence-corrected chi connectivity index (χ4v) is 9.59.